The van der Waals surface area contributed by atoms with Gasteiger partial charge in [0.25, 0.3) is 0 Å². The third-order valence-electron chi connectivity index (χ3n) is 5.45. The van der Waals surface area contributed by atoms with Crippen molar-refractivity contribution < 1.29 is 19.5 Å². The maximum atomic E-state index is 12.9. The van der Waals surface area contributed by atoms with Crippen molar-refractivity contribution in [3.8, 4) is 0 Å². The molecule has 0 radical (unpaired) electrons. The van der Waals surface area contributed by atoms with E-state index in [1.165, 1.54) is 6.33 Å². The Labute approximate surface area is 204 Å². The highest BCUT2D eigenvalue weighted by Gasteiger charge is 2.23. The first-order valence-electron chi connectivity index (χ1n) is 11.6. The van der Waals surface area contributed by atoms with Crippen molar-refractivity contribution in [2.45, 2.75) is 31.8 Å². The fourth-order valence-electron chi connectivity index (χ4n) is 3.73. The van der Waals surface area contributed by atoms with Crippen LogP contribution in [-0.4, -0.2) is 63.4 Å². The number of aryl methyl sites for hydroxylation is 1. The van der Waals surface area contributed by atoms with E-state index in [-0.39, 0.29) is 25.4 Å². The number of H-pyrrole nitrogens is 1. The number of carboxylic acids is 1. The van der Waals surface area contributed by atoms with Crippen molar-refractivity contribution in [2.24, 2.45) is 0 Å². The normalized spacial score (nSPS) is 11.7. The van der Waals surface area contributed by atoms with Gasteiger partial charge in [0.2, 0.25) is 11.8 Å². The molecule has 1 aromatic heterocycles. The van der Waals surface area contributed by atoms with Crippen LogP contribution in [0.2, 0.25) is 0 Å². The van der Waals surface area contributed by atoms with Crippen LogP contribution in [0.5, 0.6) is 0 Å². The van der Waals surface area contributed by atoms with E-state index in [4.69, 9.17) is 0 Å². The van der Waals surface area contributed by atoms with E-state index in [1.54, 1.807) is 11.1 Å². The molecule has 0 saturated carbocycles. The maximum Gasteiger partial charge on any atom is 0.317 e. The van der Waals surface area contributed by atoms with Gasteiger partial charge in [-0.1, -0.05) is 60.7 Å². The largest absolute Gasteiger partial charge is 0.480 e. The summed E-state index contributed by atoms with van der Waals surface area (Å²) in [5.41, 5.74) is 2.80. The summed E-state index contributed by atoms with van der Waals surface area (Å²) in [6, 6.07) is 18.5. The summed E-state index contributed by atoms with van der Waals surface area (Å²) in [6.45, 7) is 0.403. The summed E-state index contributed by atoms with van der Waals surface area (Å²) in [6.07, 6.45) is 4.84. The molecule has 0 spiro atoms. The van der Waals surface area contributed by atoms with Gasteiger partial charge in [-0.15, -0.1) is 0 Å². The Morgan fingerprint density at radius 1 is 0.971 bits per heavy atom. The number of aliphatic carboxylic acids is 1. The van der Waals surface area contributed by atoms with Gasteiger partial charge in [0.1, 0.15) is 6.04 Å². The molecule has 0 bridgehead atoms. The van der Waals surface area contributed by atoms with Crippen molar-refractivity contribution >= 4 is 17.8 Å². The highest BCUT2D eigenvalue weighted by atomic mass is 16.4. The molecule has 0 aliphatic heterocycles. The van der Waals surface area contributed by atoms with Crippen LogP contribution < -0.4 is 10.6 Å². The van der Waals surface area contributed by atoms with Crippen molar-refractivity contribution in [1.82, 2.24) is 25.5 Å². The zero-order valence-electron chi connectivity index (χ0n) is 19.5. The number of benzene rings is 2. The predicted molar refractivity (Wildman–Crippen MR) is 131 cm³/mol. The minimum atomic E-state index is -1.01. The number of hydrogen-bond acceptors (Lipinski definition) is 5. The minimum Gasteiger partial charge on any atom is -0.480 e. The Hall–Kier alpha value is -3.98. The zero-order valence-corrected chi connectivity index (χ0v) is 19.5. The number of imidazole rings is 1. The quantitative estimate of drug-likeness (QED) is 0.280. The van der Waals surface area contributed by atoms with Crippen LogP contribution in [-0.2, 0) is 33.8 Å². The van der Waals surface area contributed by atoms with E-state index in [1.807, 2.05) is 60.7 Å². The van der Waals surface area contributed by atoms with E-state index < -0.39 is 17.9 Å². The molecule has 3 aromatic rings. The molecular weight excluding hydrogens is 446 g/mol. The topological polar surface area (TPSA) is 127 Å². The predicted octanol–water partition coefficient (Wildman–Crippen LogP) is 1.77. The zero-order chi connectivity index (χ0) is 24.9. The van der Waals surface area contributed by atoms with Crippen molar-refractivity contribution in [1.29, 1.82) is 0 Å². The smallest absolute Gasteiger partial charge is 0.317 e. The van der Waals surface area contributed by atoms with E-state index in [0.717, 1.165) is 17.5 Å². The number of carbonyl (C=O) groups excluding carboxylic acids is 2. The average Bonchev–Trinajstić information content (AvgIpc) is 3.36. The van der Waals surface area contributed by atoms with E-state index in [9.17, 15) is 19.5 Å². The molecule has 0 saturated heterocycles. The highest BCUT2D eigenvalue weighted by molar-refractivity contribution is 5.88. The van der Waals surface area contributed by atoms with Crippen molar-refractivity contribution in [3.05, 3.63) is 90.0 Å². The molecule has 1 atom stereocenters. The molecule has 0 aliphatic rings. The number of nitrogens with zero attached hydrogens (tertiary/aromatic N) is 2. The van der Waals surface area contributed by atoms with Crippen LogP contribution in [0.25, 0.3) is 0 Å². The Morgan fingerprint density at radius 2 is 1.66 bits per heavy atom. The number of carboxylic acid groups (broad SMARTS) is 1. The van der Waals surface area contributed by atoms with Gasteiger partial charge in [0.05, 0.1) is 19.4 Å². The number of amides is 2. The third kappa shape index (κ3) is 9.42. The van der Waals surface area contributed by atoms with Gasteiger partial charge in [0.15, 0.2) is 0 Å². The molecule has 184 valence electrons. The Balaban J connectivity index is 1.57. The number of hydrogen-bond donors (Lipinski definition) is 4. The summed E-state index contributed by atoms with van der Waals surface area (Å²) in [7, 11) is 0. The van der Waals surface area contributed by atoms with Gasteiger partial charge in [-0.05, 0) is 30.5 Å². The summed E-state index contributed by atoms with van der Waals surface area (Å²) in [5.74, 6) is -1.75. The second-order valence-electron chi connectivity index (χ2n) is 8.30. The average molecular weight is 478 g/mol. The van der Waals surface area contributed by atoms with Crippen LogP contribution in [0.1, 0.15) is 23.2 Å². The molecule has 9 heteroatoms. The Morgan fingerprint density at radius 3 is 2.29 bits per heavy atom. The summed E-state index contributed by atoms with van der Waals surface area (Å²) >= 11 is 0. The fraction of sp³-hybridized carbons (Fsp3) is 0.308. The molecule has 2 amide bonds. The van der Waals surface area contributed by atoms with Gasteiger partial charge in [0, 0.05) is 24.9 Å². The number of carbonyl (C=O) groups is 3. The van der Waals surface area contributed by atoms with Gasteiger partial charge < -0.3 is 20.7 Å². The van der Waals surface area contributed by atoms with Gasteiger partial charge in [-0.2, -0.15) is 0 Å². The summed E-state index contributed by atoms with van der Waals surface area (Å²) in [5, 5.41) is 14.9. The molecule has 0 aliphatic carbocycles. The summed E-state index contributed by atoms with van der Waals surface area (Å²) < 4.78 is 0. The van der Waals surface area contributed by atoms with Crippen LogP contribution in [0.3, 0.4) is 0 Å². The highest BCUT2D eigenvalue weighted by Crippen LogP contribution is 2.05. The minimum absolute atomic E-state index is 0.119. The summed E-state index contributed by atoms with van der Waals surface area (Å²) in [4.78, 5) is 45.6. The van der Waals surface area contributed by atoms with E-state index in [0.29, 0.717) is 25.2 Å². The molecule has 0 unspecified atom stereocenters. The molecule has 35 heavy (non-hydrogen) atoms. The monoisotopic (exact) mass is 477 g/mol. The van der Waals surface area contributed by atoms with Crippen LogP contribution in [0.15, 0.2) is 73.2 Å². The van der Waals surface area contributed by atoms with Crippen LogP contribution in [0.4, 0.5) is 0 Å². The third-order valence-corrected chi connectivity index (χ3v) is 5.45. The van der Waals surface area contributed by atoms with Crippen molar-refractivity contribution in [2.75, 3.05) is 19.6 Å². The second-order valence-corrected chi connectivity index (χ2v) is 8.30. The number of rotatable bonds is 14. The molecular formula is C26H31N5O4. The lowest BCUT2D eigenvalue weighted by atomic mass is 10.1. The van der Waals surface area contributed by atoms with Crippen molar-refractivity contribution in [3.63, 3.8) is 0 Å². The van der Waals surface area contributed by atoms with Crippen LogP contribution >= 0.6 is 0 Å². The maximum absolute atomic E-state index is 12.9. The molecule has 3 rings (SSSR count). The number of aromatic amines is 1. The first-order chi connectivity index (χ1) is 17.0. The number of aromatic nitrogens is 2. The molecule has 0 fully saturated rings. The van der Waals surface area contributed by atoms with Gasteiger partial charge >= 0.3 is 5.97 Å². The standard InChI is InChI=1S/C26H31N5O4/c32-24(17-31(18-25(33)34)13-7-12-20-8-3-1-4-9-20)30-23(14-22-16-27-19-29-22)26(35)28-15-21-10-5-2-6-11-21/h1-6,8-11,16,19,23H,7,12-15,17-18H2,(H,27,29)(H,28,35)(H,30,32)(H,33,34)/t23-/m0/s1. The molecule has 2 aromatic carbocycles. The number of nitrogens with one attached hydrogen (secondary N) is 3. The first kappa shape index (κ1) is 25.6. The van der Waals surface area contributed by atoms with E-state index in [2.05, 4.69) is 20.6 Å². The first-order valence-corrected chi connectivity index (χ1v) is 11.6. The molecule has 9 nitrogen and oxygen atoms in total. The molecule has 4 N–H and O–H groups in total. The van der Waals surface area contributed by atoms with E-state index >= 15 is 0 Å². The lowest BCUT2D eigenvalue weighted by molar-refractivity contribution is -0.139. The van der Waals surface area contributed by atoms with Gasteiger partial charge in [-0.25, -0.2) is 4.98 Å². The Kier molecular flexibility index (Phi) is 10.0. The van der Waals surface area contributed by atoms with Gasteiger partial charge in [-0.3, -0.25) is 19.3 Å². The fourth-order valence-corrected chi connectivity index (χ4v) is 3.73. The van der Waals surface area contributed by atoms with Crippen LogP contribution in [0, 0.1) is 0 Å². The Bertz CT molecular complexity index is 1060. The molecule has 1 heterocycles. The lowest BCUT2D eigenvalue weighted by Gasteiger charge is -2.22. The lowest BCUT2D eigenvalue weighted by Crippen LogP contribution is -2.51. The second kappa shape index (κ2) is 13.7. The SMILES string of the molecule is O=C(O)CN(CCCc1ccccc1)CC(=O)N[C@@H](Cc1cnc[nH]1)C(=O)NCc1ccccc1.